The van der Waals surface area contributed by atoms with Crippen molar-refractivity contribution in [3.63, 3.8) is 0 Å². The van der Waals surface area contributed by atoms with Crippen molar-refractivity contribution in [1.29, 1.82) is 5.26 Å². The summed E-state index contributed by atoms with van der Waals surface area (Å²) in [4.78, 5) is 21.3. The Morgan fingerprint density at radius 3 is 2.72 bits per heavy atom. The van der Waals surface area contributed by atoms with Crippen LogP contribution in [0, 0.1) is 21.4 Å². The zero-order valence-electron chi connectivity index (χ0n) is 9.93. The van der Waals surface area contributed by atoms with Gasteiger partial charge < -0.3 is 10.6 Å². The van der Waals surface area contributed by atoms with Crippen LogP contribution in [0.15, 0.2) is 18.2 Å². The number of likely N-dealkylation sites (N-methyl/N-ethyl adjacent to an activating group) is 1. The fourth-order valence-corrected chi connectivity index (χ4v) is 1.41. The van der Waals surface area contributed by atoms with Gasteiger partial charge in [-0.3, -0.25) is 14.9 Å². The predicted molar refractivity (Wildman–Crippen MR) is 65.0 cm³/mol. The first-order chi connectivity index (χ1) is 8.49. The van der Waals surface area contributed by atoms with E-state index in [0.717, 1.165) is 0 Å². The summed E-state index contributed by atoms with van der Waals surface area (Å²) in [5, 5.41) is 24.8. The molecule has 1 rings (SSSR count). The van der Waals surface area contributed by atoms with Gasteiger partial charge in [-0.1, -0.05) is 0 Å². The van der Waals surface area contributed by atoms with Crippen LogP contribution >= 0.6 is 0 Å². The fourth-order valence-electron chi connectivity index (χ4n) is 1.41. The number of nitriles is 1. The molecule has 1 aromatic rings. The van der Waals surface area contributed by atoms with Gasteiger partial charge in [0.2, 0.25) is 5.91 Å². The van der Waals surface area contributed by atoms with Crippen molar-refractivity contribution < 1.29 is 9.72 Å². The second kappa shape index (κ2) is 5.63. The molecule has 2 N–H and O–H groups in total. The lowest BCUT2D eigenvalue weighted by molar-refractivity contribution is -0.385. The van der Waals surface area contributed by atoms with Gasteiger partial charge in [-0.25, -0.2) is 0 Å². The monoisotopic (exact) mass is 248 g/mol. The Morgan fingerprint density at radius 2 is 2.22 bits per heavy atom. The van der Waals surface area contributed by atoms with Crippen molar-refractivity contribution >= 4 is 17.3 Å². The Morgan fingerprint density at radius 1 is 1.56 bits per heavy atom. The third kappa shape index (κ3) is 2.95. The molecule has 0 fully saturated rings. The van der Waals surface area contributed by atoms with E-state index in [9.17, 15) is 14.9 Å². The molecular weight excluding hydrogens is 236 g/mol. The highest BCUT2D eigenvalue weighted by atomic mass is 16.6. The number of benzene rings is 1. The number of hydrogen-bond acceptors (Lipinski definition) is 5. The van der Waals surface area contributed by atoms with E-state index < -0.39 is 11.0 Å². The summed E-state index contributed by atoms with van der Waals surface area (Å²) in [7, 11) is 1.51. The summed E-state index contributed by atoms with van der Waals surface area (Å²) >= 11 is 0. The average Bonchev–Trinajstić information content (AvgIpc) is 2.37. The minimum atomic E-state index is -0.621. The van der Waals surface area contributed by atoms with E-state index in [-0.39, 0.29) is 17.2 Å². The zero-order chi connectivity index (χ0) is 13.7. The third-order valence-electron chi connectivity index (χ3n) is 2.34. The van der Waals surface area contributed by atoms with Gasteiger partial charge >= 0.3 is 0 Å². The van der Waals surface area contributed by atoms with Gasteiger partial charge in [0.1, 0.15) is 17.7 Å². The van der Waals surface area contributed by atoms with Crippen LogP contribution in [0.2, 0.25) is 0 Å². The molecule has 0 bridgehead atoms. The Bertz CT molecular complexity index is 522. The van der Waals surface area contributed by atoms with E-state index in [1.54, 1.807) is 13.0 Å². The summed E-state index contributed by atoms with van der Waals surface area (Å²) < 4.78 is 0. The number of hydrogen-bond donors (Lipinski definition) is 2. The van der Waals surface area contributed by atoms with E-state index >= 15 is 0 Å². The van der Waals surface area contributed by atoms with E-state index in [1.165, 1.54) is 25.2 Å². The third-order valence-corrected chi connectivity index (χ3v) is 2.34. The highest BCUT2D eigenvalue weighted by Gasteiger charge is 2.16. The lowest BCUT2D eigenvalue weighted by Crippen LogP contribution is -2.35. The van der Waals surface area contributed by atoms with Crippen LogP contribution < -0.4 is 10.6 Å². The van der Waals surface area contributed by atoms with Gasteiger partial charge in [0.25, 0.3) is 5.69 Å². The molecule has 0 saturated heterocycles. The maximum atomic E-state index is 11.3. The maximum Gasteiger partial charge on any atom is 0.287 e. The summed E-state index contributed by atoms with van der Waals surface area (Å²) in [6, 6.07) is 5.29. The molecule has 0 aromatic heterocycles. The number of amides is 1. The Balaban J connectivity index is 2.97. The smallest absolute Gasteiger partial charge is 0.287 e. The molecule has 0 radical (unpaired) electrons. The molecule has 0 spiro atoms. The van der Waals surface area contributed by atoms with Crippen LogP contribution in [0.4, 0.5) is 11.4 Å². The quantitative estimate of drug-likeness (QED) is 0.610. The van der Waals surface area contributed by atoms with Crippen LogP contribution in [-0.2, 0) is 4.79 Å². The summed E-state index contributed by atoms with van der Waals surface area (Å²) in [5.41, 5.74) is 0.179. The Labute approximate surface area is 104 Å². The van der Waals surface area contributed by atoms with Crippen molar-refractivity contribution in [3.8, 4) is 6.07 Å². The standard InChI is InChI=1S/C11H12N4O3/c1-7(11(16)13-2)14-9-3-4-10(15(17)18)8(5-9)6-12/h3-5,7,14H,1-2H3,(H,13,16). The number of nitrogens with one attached hydrogen (secondary N) is 2. The van der Waals surface area contributed by atoms with Gasteiger partial charge in [0, 0.05) is 18.8 Å². The SMILES string of the molecule is CNC(=O)C(C)Nc1ccc([N+](=O)[O-])c(C#N)c1. The van der Waals surface area contributed by atoms with Crippen molar-refractivity contribution in [2.75, 3.05) is 12.4 Å². The molecule has 7 nitrogen and oxygen atoms in total. The van der Waals surface area contributed by atoms with Crippen LogP contribution in [-0.4, -0.2) is 23.9 Å². The molecule has 1 unspecified atom stereocenters. The fraction of sp³-hybridized carbons (Fsp3) is 0.273. The molecule has 1 amide bonds. The van der Waals surface area contributed by atoms with Crippen molar-refractivity contribution in [2.24, 2.45) is 0 Å². The van der Waals surface area contributed by atoms with Gasteiger partial charge in [-0.15, -0.1) is 0 Å². The van der Waals surface area contributed by atoms with Gasteiger partial charge in [0.05, 0.1) is 4.92 Å². The molecule has 0 aliphatic rings. The van der Waals surface area contributed by atoms with E-state index in [0.29, 0.717) is 5.69 Å². The average molecular weight is 248 g/mol. The van der Waals surface area contributed by atoms with E-state index in [4.69, 9.17) is 5.26 Å². The predicted octanol–water partition coefficient (Wildman–Crippen LogP) is 1.01. The molecule has 0 aliphatic carbocycles. The molecule has 1 atom stereocenters. The molecule has 0 aliphatic heterocycles. The lowest BCUT2D eigenvalue weighted by atomic mass is 10.1. The largest absolute Gasteiger partial charge is 0.374 e. The van der Waals surface area contributed by atoms with Crippen molar-refractivity contribution in [1.82, 2.24) is 5.32 Å². The number of rotatable bonds is 4. The Kier molecular flexibility index (Phi) is 4.21. The molecule has 7 heteroatoms. The zero-order valence-corrected chi connectivity index (χ0v) is 9.93. The number of carbonyl (C=O) groups excluding carboxylic acids is 1. The first kappa shape index (κ1) is 13.4. The first-order valence-electron chi connectivity index (χ1n) is 5.16. The van der Waals surface area contributed by atoms with Gasteiger partial charge in [-0.2, -0.15) is 5.26 Å². The number of nitro benzene ring substituents is 1. The number of carbonyl (C=O) groups is 1. The Hall–Kier alpha value is -2.62. The van der Waals surface area contributed by atoms with Crippen LogP contribution in [0.5, 0.6) is 0 Å². The number of anilines is 1. The van der Waals surface area contributed by atoms with Crippen LogP contribution in [0.25, 0.3) is 0 Å². The van der Waals surface area contributed by atoms with E-state index in [2.05, 4.69) is 10.6 Å². The second-order valence-electron chi connectivity index (χ2n) is 3.58. The number of nitro groups is 1. The minimum absolute atomic E-state index is 0.0471. The number of nitrogens with zero attached hydrogens (tertiary/aromatic N) is 2. The highest BCUT2D eigenvalue weighted by Crippen LogP contribution is 2.22. The first-order valence-corrected chi connectivity index (χ1v) is 5.16. The normalized spacial score (nSPS) is 11.2. The summed E-state index contributed by atoms with van der Waals surface area (Å²) in [6.07, 6.45) is 0. The van der Waals surface area contributed by atoms with Crippen LogP contribution in [0.3, 0.4) is 0 Å². The lowest BCUT2D eigenvalue weighted by Gasteiger charge is -2.13. The molecule has 94 valence electrons. The van der Waals surface area contributed by atoms with Gasteiger partial charge in [-0.05, 0) is 19.1 Å². The van der Waals surface area contributed by atoms with Crippen molar-refractivity contribution in [3.05, 3.63) is 33.9 Å². The van der Waals surface area contributed by atoms with Gasteiger partial charge in [0.15, 0.2) is 0 Å². The molecule has 1 aromatic carbocycles. The minimum Gasteiger partial charge on any atom is -0.374 e. The van der Waals surface area contributed by atoms with E-state index in [1.807, 2.05) is 0 Å². The summed E-state index contributed by atoms with van der Waals surface area (Å²) in [5.74, 6) is -0.216. The molecule has 18 heavy (non-hydrogen) atoms. The molecular formula is C11H12N4O3. The topological polar surface area (TPSA) is 108 Å². The van der Waals surface area contributed by atoms with Crippen molar-refractivity contribution in [2.45, 2.75) is 13.0 Å². The second-order valence-corrected chi connectivity index (χ2v) is 3.58. The maximum absolute atomic E-state index is 11.3. The molecule has 0 heterocycles. The highest BCUT2D eigenvalue weighted by molar-refractivity contribution is 5.84. The molecule has 0 saturated carbocycles. The summed E-state index contributed by atoms with van der Waals surface area (Å²) in [6.45, 7) is 1.65. The van der Waals surface area contributed by atoms with Crippen LogP contribution in [0.1, 0.15) is 12.5 Å².